The Labute approximate surface area is 355 Å². The molecule has 11 rings (SSSR count). The van der Waals surface area contributed by atoms with Crippen molar-refractivity contribution < 1.29 is 0 Å². The fraction of sp³-hybridized carbons (Fsp3) is 0.207. The highest BCUT2D eigenvalue weighted by Gasteiger charge is 2.28. The summed E-state index contributed by atoms with van der Waals surface area (Å²) in [5.74, 6) is 1.12. The normalized spacial score (nSPS) is 15.2. The monoisotopic (exact) mass is 776 g/mol. The van der Waals surface area contributed by atoms with Gasteiger partial charge in [-0.05, 0) is 160 Å². The van der Waals surface area contributed by atoms with Crippen LogP contribution in [0.2, 0.25) is 0 Å². The van der Waals surface area contributed by atoms with Crippen LogP contribution >= 0.6 is 0 Å². The standard InChI is InChI=1S/C58H52N2/c1-7-19-41(20-8-1)53-39-54(43-31-33-48(34-32-43)59(44-23-11-3-12-24-44)45-25-13-4-14-26-45)49-35-36-51-55(42-21-9-2-10-22-42)40-56(52-38-37-50(53)57(49)58(51)52)60(46-27-15-5-16-28-46)47-29-17-6-18-30-47/h3-6,11-18,23-42H,1-2,7-10,19-22H2. The van der Waals surface area contributed by atoms with E-state index in [0.717, 1.165) is 17.1 Å². The molecule has 0 N–H and O–H groups in total. The lowest BCUT2D eigenvalue weighted by atomic mass is 9.76. The van der Waals surface area contributed by atoms with Gasteiger partial charge in [0.15, 0.2) is 0 Å². The first-order chi connectivity index (χ1) is 29.8. The van der Waals surface area contributed by atoms with E-state index in [9.17, 15) is 0 Å². The number of nitrogens with zero attached hydrogens (tertiary/aromatic N) is 2. The average molecular weight is 777 g/mol. The molecule has 2 aliphatic rings. The molecule has 9 aromatic carbocycles. The molecule has 2 aliphatic carbocycles. The van der Waals surface area contributed by atoms with E-state index in [2.05, 4.69) is 192 Å². The predicted molar refractivity (Wildman–Crippen MR) is 257 cm³/mol. The van der Waals surface area contributed by atoms with Crippen LogP contribution in [0.15, 0.2) is 182 Å². The number of anilines is 6. The molecule has 0 amide bonds. The third-order valence-electron chi connectivity index (χ3n) is 13.8. The predicted octanol–water partition coefficient (Wildman–Crippen LogP) is 17.3. The molecule has 0 atom stereocenters. The Morgan fingerprint density at radius 2 is 0.700 bits per heavy atom. The summed E-state index contributed by atoms with van der Waals surface area (Å²) in [6.07, 6.45) is 13.0. The van der Waals surface area contributed by atoms with E-state index in [1.165, 1.54) is 130 Å². The van der Waals surface area contributed by atoms with Crippen LogP contribution in [0.3, 0.4) is 0 Å². The molecule has 2 heteroatoms. The van der Waals surface area contributed by atoms with Gasteiger partial charge in [-0.15, -0.1) is 0 Å². The van der Waals surface area contributed by atoms with E-state index in [1.54, 1.807) is 5.56 Å². The maximum Gasteiger partial charge on any atom is 0.0543 e. The van der Waals surface area contributed by atoms with Crippen molar-refractivity contribution in [1.29, 1.82) is 0 Å². The molecule has 0 spiro atoms. The van der Waals surface area contributed by atoms with E-state index >= 15 is 0 Å². The third kappa shape index (κ3) is 6.59. The zero-order chi connectivity index (χ0) is 39.8. The number of para-hydroxylation sites is 4. The number of hydrogen-bond donors (Lipinski definition) is 0. The van der Waals surface area contributed by atoms with E-state index < -0.39 is 0 Å². The SMILES string of the molecule is c1ccc(N(c2ccccc2)c2ccc(-c3cc(C4CCCCC4)c4ccc5c(N(c6ccccc6)c6ccccc6)cc(C6CCCCC6)c6ccc3c4c65)cc2)cc1. The number of benzene rings is 9. The van der Waals surface area contributed by atoms with Crippen molar-refractivity contribution in [3.63, 3.8) is 0 Å². The minimum Gasteiger partial charge on any atom is -0.311 e. The Kier molecular flexibility index (Phi) is 9.78. The molecule has 0 bridgehead atoms. The summed E-state index contributed by atoms with van der Waals surface area (Å²) in [4.78, 5) is 4.88. The van der Waals surface area contributed by atoms with Crippen LogP contribution < -0.4 is 9.80 Å². The molecular weight excluding hydrogens is 725 g/mol. The summed E-state index contributed by atoms with van der Waals surface area (Å²) in [6, 6.07) is 68.1. The quantitative estimate of drug-likeness (QED) is 0.135. The summed E-state index contributed by atoms with van der Waals surface area (Å²) < 4.78 is 0. The zero-order valence-electron chi connectivity index (χ0n) is 34.4. The topological polar surface area (TPSA) is 6.48 Å². The lowest BCUT2D eigenvalue weighted by Gasteiger charge is -2.32. The second-order valence-corrected chi connectivity index (χ2v) is 17.3. The summed E-state index contributed by atoms with van der Waals surface area (Å²) in [5, 5.41) is 8.47. The maximum absolute atomic E-state index is 2.60. The summed E-state index contributed by atoms with van der Waals surface area (Å²) in [6.45, 7) is 0. The van der Waals surface area contributed by atoms with Gasteiger partial charge in [-0.1, -0.05) is 148 Å². The van der Waals surface area contributed by atoms with Gasteiger partial charge < -0.3 is 9.80 Å². The Balaban J connectivity index is 1.17. The first kappa shape index (κ1) is 36.7. The van der Waals surface area contributed by atoms with Gasteiger partial charge in [0.25, 0.3) is 0 Å². The van der Waals surface area contributed by atoms with Crippen LogP contribution in [0, 0.1) is 0 Å². The Hall–Kier alpha value is -6.38. The molecule has 0 saturated heterocycles. The van der Waals surface area contributed by atoms with Gasteiger partial charge >= 0.3 is 0 Å². The molecular formula is C58H52N2. The van der Waals surface area contributed by atoms with Gasteiger partial charge in [0, 0.05) is 33.8 Å². The molecule has 0 radical (unpaired) electrons. The highest BCUT2D eigenvalue weighted by atomic mass is 15.1. The van der Waals surface area contributed by atoms with Crippen LogP contribution in [0.1, 0.15) is 87.2 Å². The average Bonchev–Trinajstić information content (AvgIpc) is 3.33. The van der Waals surface area contributed by atoms with Crippen molar-refractivity contribution in [1.82, 2.24) is 0 Å². The lowest BCUT2D eigenvalue weighted by molar-refractivity contribution is 0.445. The van der Waals surface area contributed by atoms with Crippen LogP contribution in [-0.4, -0.2) is 0 Å². The lowest BCUT2D eigenvalue weighted by Crippen LogP contribution is -2.13. The molecule has 9 aromatic rings. The second kappa shape index (κ2) is 16.0. The highest BCUT2D eigenvalue weighted by molar-refractivity contribution is 6.29. The van der Waals surface area contributed by atoms with Gasteiger partial charge in [-0.2, -0.15) is 0 Å². The highest BCUT2D eigenvalue weighted by Crippen LogP contribution is 2.51. The minimum atomic E-state index is 0.553. The number of hydrogen-bond acceptors (Lipinski definition) is 2. The summed E-state index contributed by atoms with van der Waals surface area (Å²) >= 11 is 0. The fourth-order valence-electron chi connectivity index (χ4n) is 10.9. The van der Waals surface area contributed by atoms with E-state index in [-0.39, 0.29) is 0 Å². The molecule has 0 aliphatic heterocycles. The van der Waals surface area contributed by atoms with Crippen molar-refractivity contribution in [3.05, 3.63) is 193 Å². The maximum atomic E-state index is 2.60. The van der Waals surface area contributed by atoms with Gasteiger partial charge in [0.1, 0.15) is 0 Å². The Bertz CT molecular complexity index is 2780. The largest absolute Gasteiger partial charge is 0.311 e. The van der Waals surface area contributed by atoms with Crippen LogP contribution in [0.4, 0.5) is 34.1 Å². The number of rotatable bonds is 9. The van der Waals surface area contributed by atoms with Crippen molar-refractivity contribution in [2.75, 3.05) is 9.80 Å². The minimum absolute atomic E-state index is 0.553. The summed E-state index contributed by atoms with van der Waals surface area (Å²) in [7, 11) is 0. The smallest absolute Gasteiger partial charge is 0.0543 e. The molecule has 2 nitrogen and oxygen atoms in total. The van der Waals surface area contributed by atoms with Crippen molar-refractivity contribution in [3.8, 4) is 11.1 Å². The van der Waals surface area contributed by atoms with E-state index in [1.807, 2.05) is 0 Å². The van der Waals surface area contributed by atoms with Gasteiger partial charge in [-0.25, -0.2) is 0 Å². The van der Waals surface area contributed by atoms with Crippen molar-refractivity contribution in [2.24, 2.45) is 0 Å². The van der Waals surface area contributed by atoms with Crippen molar-refractivity contribution in [2.45, 2.75) is 76.0 Å². The van der Waals surface area contributed by atoms with E-state index in [4.69, 9.17) is 0 Å². The zero-order valence-corrected chi connectivity index (χ0v) is 34.4. The van der Waals surface area contributed by atoms with Crippen LogP contribution in [0.25, 0.3) is 43.4 Å². The molecule has 0 unspecified atom stereocenters. The van der Waals surface area contributed by atoms with Gasteiger partial charge in [-0.3, -0.25) is 0 Å². The van der Waals surface area contributed by atoms with Gasteiger partial charge in [0.05, 0.1) is 5.69 Å². The molecule has 2 fully saturated rings. The van der Waals surface area contributed by atoms with Crippen molar-refractivity contribution >= 4 is 66.4 Å². The van der Waals surface area contributed by atoms with Crippen LogP contribution in [-0.2, 0) is 0 Å². The fourth-order valence-corrected chi connectivity index (χ4v) is 10.9. The molecule has 0 heterocycles. The molecule has 2 saturated carbocycles. The first-order valence-electron chi connectivity index (χ1n) is 22.5. The Morgan fingerprint density at radius 1 is 0.317 bits per heavy atom. The van der Waals surface area contributed by atoms with Gasteiger partial charge in [0.2, 0.25) is 0 Å². The molecule has 0 aromatic heterocycles. The third-order valence-corrected chi connectivity index (χ3v) is 13.8. The summed E-state index contributed by atoms with van der Waals surface area (Å²) in [5.41, 5.74) is 12.8. The first-order valence-corrected chi connectivity index (χ1v) is 22.5. The van der Waals surface area contributed by atoms with Crippen LogP contribution in [0.5, 0.6) is 0 Å². The van der Waals surface area contributed by atoms with E-state index in [0.29, 0.717) is 11.8 Å². The molecule has 60 heavy (non-hydrogen) atoms. The second-order valence-electron chi connectivity index (χ2n) is 17.3. The molecule has 294 valence electrons. The Morgan fingerprint density at radius 3 is 1.18 bits per heavy atom.